The summed E-state index contributed by atoms with van der Waals surface area (Å²) >= 11 is 0. The highest BCUT2D eigenvalue weighted by atomic mass is 16.5. The lowest BCUT2D eigenvalue weighted by Crippen LogP contribution is -2.12. The number of hydrogen-bond donors (Lipinski definition) is 0. The minimum atomic E-state index is -0.490. The van der Waals surface area contributed by atoms with Crippen LogP contribution >= 0.6 is 0 Å². The molecule has 0 N–H and O–H groups in total. The molecule has 0 saturated heterocycles. The van der Waals surface area contributed by atoms with Crippen molar-refractivity contribution in [2.75, 3.05) is 13.7 Å². The number of benzene rings is 3. The zero-order valence-electron chi connectivity index (χ0n) is 19.3. The molecule has 0 aliphatic rings. The van der Waals surface area contributed by atoms with Gasteiger partial charge in [0.15, 0.2) is 17.2 Å². The van der Waals surface area contributed by atoms with Gasteiger partial charge < -0.3 is 23.5 Å². The van der Waals surface area contributed by atoms with Gasteiger partial charge in [-0.05, 0) is 42.3 Å². The van der Waals surface area contributed by atoms with E-state index < -0.39 is 5.97 Å². The van der Waals surface area contributed by atoms with Crippen LogP contribution in [-0.2, 0) is 18.0 Å². The molecular weight excluding hydrogens is 430 g/mol. The van der Waals surface area contributed by atoms with E-state index in [0.29, 0.717) is 18.1 Å². The average Bonchev–Trinajstić information content (AvgIpc) is 3.26. The van der Waals surface area contributed by atoms with E-state index in [1.165, 1.54) is 0 Å². The van der Waals surface area contributed by atoms with Crippen molar-refractivity contribution < 1.29 is 23.7 Å². The van der Waals surface area contributed by atoms with Gasteiger partial charge in [-0.1, -0.05) is 60.7 Å². The number of rotatable bonds is 10. The van der Waals surface area contributed by atoms with Crippen LogP contribution in [0.2, 0.25) is 0 Å². The second kappa shape index (κ2) is 11.1. The highest BCUT2D eigenvalue weighted by molar-refractivity contribution is 5.93. The summed E-state index contributed by atoms with van der Waals surface area (Å²) < 4.78 is 24.7. The predicted molar refractivity (Wildman–Crippen MR) is 130 cm³/mol. The molecule has 0 atom stereocenters. The van der Waals surface area contributed by atoms with Crippen molar-refractivity contribution in [1.82, 2.24) is 4.57 Å². The van der Waals surface area contributed by atoms with Crippen molar-refractivity contribution in [3.63, 3.8) is 0 Å². The van der Waals surface area contributed by atoms with E-state index in [4.69, 9.17) is 18.9 Å². The molecule has 0 unspecified atom stereocenters. The number of hydrogen-bond acceptors (Lipinski definition) is 5. The van der Waals surface area contributed by atoms with Crippen LogP contribution in [0.15, 0.2) is 91.1 Å². The lowest BCUT2D eigenvalue weighted by molar-refractivity contribution is 0.0511. The molecule has 1 heterocycles. The molecule has 34 heavy (non-hydrogen) atoms. The monoisotopic (exact) mass is 457 g/mol. The van der Waals surface area contributed by atoms with Crippen molar-refractivity contribution in [1.29, 1.82) is 0 Å². The van der Waals surface area contributed by atoms with E-state index in [9.17, 15) is 4.79 Å². The quantitative estimate of drug-likeness (QED) is 0.281. The van der Waals surface area contributed by atoms with E-state index in [0.717, 1.165) is 22.6 Å². The molecule has 0 spiro atoms. The van der Waals surface area contributed by atoms with Crippen LogP contribution in [0.5, 0.6) is 17.2 Å². The van der Waals surface area contributed by atoms with Crippen LogP contribution in [0.1, 0.15) is 28.5 Å². The third-order valence-electron chi connectivity index (χ3n) is 5.21. The van der Waals surface area contributed by atoms with E-state index in [2.05, 4.69) is 0 Å². The molecule has 6 nitrogen and oxygen atoms in total. The van der Waals surface area contributed by atoms with Gasteiger partial charge in [0.05, 0.1) is 19.9 Å². The molecule has 0 fully saturated rings. The summed E-state index contributed by atoms with van der Waals surface area (Å²) in [5, 5.41) is 0. The maximum absolute atomic E-state index is 13.1. The molecule has 1 aromatic heterocycles. The summed E-state index contributed by atoms with van der Waals surface area (Å²) in [6.45, 7) is 2.62. The molecule has 0 saturated carbocycles. The average molecular weight is 458 g/mol. The highest BCUT2D eigenvalue weighted by Gasteiger charge is 2.27. The van der Waals surface area contributed by atoms with Gasteiger partial charge in [-0.15, -0.1) is 0 Å². The van der Waals surface area contributed by atoms with E-state index in [-0.39, 0.29) is 18.9 Å². The van der Waals surface area contributed by atoms with Crippen molar-refractivity contribution >= 4 is 5.97 Å². The Morgan fingerprint density at radius 1 is 0.794 bits per heavy atom. The number of carbonyl (C=O) groups excluding carboxylic acids is 1. The summed E-state index contributed by atoms with van der Waals surface area (Å²) in [7, 11) is 1.61. The second-order valence-electron chi connectivity index (χ2n) is 7.51. The molecule has 174 valence electrons. The topological polar surface area (TPSA) is 58.9 Å². The van der Waals surface area contributed by atoms with Crippen molar-refractivity contribution in [2.24, 2.45) is 0 Å². The lowest BCUT2D eigenvalue weighted by atomic mass is 10.2. The fourth-order valence-corrected chi connectivity index (χ4v) is 3.51. The Labute approximate surface area is 199 Å². The Bertz CT molecular complexity index is 1200. The Hall–Kier alpha value is -4.19. The van der Waals surface area contributed by atoms with Gasteiger partial charge >= 0.3 is 5.97 Å². The molecule has 0 aliphatic heterocycles. The molecule has 3 aromatic carbocycles. The van der Waals surface area contributed by atoms with Crippen molar-refractivity contribution in [3.8, 4) is 22.9 Å². The van der Waals surface area contributed by atoms with Crippen molar-refractivity contribution in [3.05, 3.63) is 108 Å². The second-order valence-corrected chi connectivity index (χ2v) is 7.51. The zero-order valence-corrected chi connectivity index (χ0v) is 19.3. The molecule has 4 aromatic rings. The van der Waals surface area contributed by atoms with Gasteiger partial charge in [0, 0.05) is 5.69 Å². The van der Waals surface area contributed by atoms with Crippen LogP contribution in [0.25, 0.3) is 5.69 Å². The van der Waals surface area contributed by atoms with E-state index >= 15 is 0 Å². The molecule has 0 radical (unpaired) electrons. The fourth-order valence-electron chi connectivity index (χ4n) is 3.51. The van der Waals surface area contributed by atoms with Gasteiger partial charge in [-0.2, -0.15) is 0 Å². The minimum Gasteiger partial charge on any atom is -0.497 e. The number of carbonyl (C=O) groups is 1. The summed E-state index contributed by atoms with van der Waals surface area (Å²) in [4.78, 5) is 13.1. The standard InChI is InChI=1S/C28H27NO5/c1-3-32-28(30)26-27(34-20-22-12-8-5-9-13-22)25(33-19-21-10-6-4-7-11-21)18-29(26)23-14-16-24(31-2)17-15-23/h4-18H,3,19-20H2,1-2H3. The number of esters is 1. The van der Waals surface area contributed by atoms with Gasteiger partial charge in [0.1, 0.15) is 19.0 Å². The molecule has 0 amide bonds. The third kappa shape index (κ3) is 5.41. The SMILES string of the molecule is CCOC(=O)c1c(OCc2ccccc2)c(OCc2ccccc2)cn1-c1ccc(OC)cc1. The van der Waals surface area contributed by atoms with Gasteiger partial charge in [-0.3, -0.25) is 0 Å². The first-order chi connectivity index (χ1) is 16.7. The first-order valence-electron chi connectivity index (χ1n) is 11.1. The summed E-state index contributed by atoms with van der Waals surface area (Å²) in [6, 6.07) is 27.0. The highest BCUT2D eigenvalue weighted by Crippen LogP contribution is 2.38. The maximum Gasteiger partial charge on any atom is 0.359 e. The molecule has 0 bridgehead atoms. The summed E-state index contributed by atoms with van der Waals surface area (Å²) in [6.07, 6.45) is 1.76. The van der Waals surface area contributed by atoms with Crippen LogP contribution in [0, 0.1) is 0 Å². The Morgan fingerprint density at radius 2 is 1.38 bits per heavy atom. The van der Waals surface area contributed by atoms with Crippen molar-refractivity contribution in [2.45, 2.75) is 20.1 Å². The van der Waals surface area contributed by atoms with Gasteiger partial charge in [0.25, 0.3) is 0 Å². The van der Waals surface area contributed by atoms with Crippen LogP contribution in [0.3, 0.4) is 0 Å². The van der Waals surface area contributed by atoms with Gasteiger partial charge in [0.2, 0.25) is 0 Å². The number of ether oxygens (including phenoxy) is 4. The normalized spacial score (nSPS) is 10.5. The Kier molecular flexibility index (Phi) is 7.50. The maximum atomic E-state index is 13.1. The van der Waals surface area contributed by atoms with Crippen LogP contribution < -0.4 is 14.2 Å². The number of aromatic nitrogens is 1. The van der Waals surface area contributed by atoms with E-state index in [1.54, 1.807) is 24.8 Å². The van der Waals surface area contributed by atoms with Crippen LogP contribution in [0.4, 0.5) is 0 Å². The number of nitrogens with zero attached hydrogens (tertiary/aromatic N) is 1. The molecule has 4 rings (SSSR count). The predicted octanol–water partition coefficient (Wildman–Crippen LogP) is 5.82. The Balaban J connectivity index is 1.75. The number of methoxy groups -OCH3 is 1. The smallest absolute Gasteiger partial charge is 0.359 e. The first-order valence-corrected chi connectivity index (χ1v) is 11.1. The summed E-state index contributed by atoms with van der Waals surface area (Å²) in [5.41, 5.74) is 3.00. The molecule has 6 heteroatoms. The lowest BCUT2D eigenvalue weighted by Gasteiger charge is -2.12. The largest absolute Gasteiger partial charge is 0.497 e. The molecule has 0 aliphatic carbocycles. The summed E-state index contributed by atoms with van der Waals surface area (Å²) in [5.74, 6) is 1.03. The third-order valence-corrected chi connectivity index (χ3v) is 5.21. The van der Waals surface area contributed by atoms with Crippen LogP contribution in [-0.4, -0.2) is 24.3 Å². The first kappa shape index (κ1) is 23.0. The molecular formula is C28H27NO5. The zero-order chi connectivity index (χ0) is 23.8. The van der Waals surface area contributed by atoms with Gasteiger partial charge in [-0.25, -0.2) is 4.79 Å². The minimum absolute atomic E-state index is 0.241. The fraction of sp³-hybridized carbons (Fsp3) is 0.179. The van der Waals surface area contributed by atoms with E-state index in [1.807, 2.05) is 84.9 Å². The Morgan fingerprint density at radius 3 is 1.94 bits per heavy atom.